The minimum absolute atomic E-state index is 0.00843. The lowest BCUT2D eigenvalue weighted by atomic mass is 10.1. The quantitative estimate of drug-likeness (QED) is 0.263. The molecule has 0 aliphatic carbocycles. The Bertz CT molecular complexity index is 1490. The highest BCUT2D eigenvalue weighted by atomic mass is 35.5. The number of halogens is 5. The standard InChI is InChI=1S/C24H15ClF4N4/c1-32(16-5-2-4-14(10-16)15-7-8-21(30-13-15)24(27,28)29)23-17-11-19(26)18(25)12-20(17)33-9-3-6-22(33)31-23/h2-13H,1H3. The molecule has 0 radical (unpaired) electrons. The topological polar surface area (TPSA) is 33.4 Å². The van der Waals surface area contributed by atoms with Crippen LogP contribution in [0.2, 0.25) is 5.02 Å². The van der Waals surface area contributed by atoms with Crippen LogP contribution in [0, 0.1) is 5.82 Å². The van der Waals surface area contributed by atoms with Crippen LogP contribution in [0.4, 0.5) is 29.1 Å². The summed E-state index contributed by atoms with van der Waals surface area (Å²) in [6.07, 6.45) is -1.48. The zero-order valence-electron chi connectivity index (χ0n) is 17.1. The predicted octanol–water partition coefficient (Wildman–Crippen LogP) is 7.13. The van der Waals surface area contributed by atoms with Crippen LogP contribution in [0.25, 0.3) is 27.7 Å². The largest absolute Gasteiger partial charge is 0.433 e. The second kappa shape index (κ2) is 7.74. The van der Waals surface area contributed by atoms with Gasteiger partial charge in [0, 0.05) is 36.1 Å². The highest BCUT2D eigenvalue weighted by Gasteiger charge is 2.32. The summed E-state index contributed by atoms with van der Waals surface area (Å²) in [5.41, 5.74) is 2.35. The number of benzene rings is 2. The Hall–Kier alpha value is -3.65. The molecule has 2 aromatic carbocycles. The molecule has 0 aliphatic heterocycles. The second-order valence-electron chi connectivity index (χ2n) is 7.49. The third kappa shape index (κ3) is 3.76. The van der Waals surface area contributed by atoms with E-state index in [4.69, 9.17) is 16.6 Å². The molecule has 0 aliphatic rings. The maximum Gasteiger partial charge on any atom is 0.433 e. The first-order valence-electron chi connectivity index (χ1n) is 9.85. The Morgan fingerprint density at radius 1 is 0.970 bits per heavy atom. The molecule has 3 aromatic heterocycles. The summed E-state index contributed by atoms with van der Waals surface area (Å²) >= 11 is 6.03. The normalized spacial score (nSPS) is 11.9. The number of aromatic nitrogens is 3. The van der Waals surface area contributed by atoms with Crippen molar-refractivity contribution in [3.8, 4) is 11.1 Å². The Labute approximate surface area is 190 Å². The summed E-state index contributed by atoms with van der Waals surface area (Å²) in [6.45, 7) is 0. The van der Waals surface area contributed by atoms with E-state index in [1.807, 2.05) is 34.9 Å². The summed E-state index contributed by atoms with van der Waals surface area (Å²) < 4.78 is 54.7. The van der Waals surface area contributed by atoms with Gasteiger partial charge in [0.25, 0.3) is 0 Å². The van der Waals surface area contributed by atoms with Gasteiger partial charge in [0.05, 0.1) is 10.5 Å². The van der Waals surface area contributed by atoms with Crippen molar-refractivity contribution in [1.82, 2.24) is 14.4 Å². The Balaban J connectivity index is 1.60. The highest BCUT2D eigenvalue weighted by molar-refractivity contribution is 6.31. The second-order valence-corrected chi connectivity index (χ2v) is 7.90. The van der Waals surface area contributed by atoms with Crippen LogP contribution in [0.15, 0.2) is 73.1 Å². The molecule has 0 unspecified atom stereocenters. The Morgan fingerprint density at radius 2 is 1.79 bits per heavy atom. The molecule has 0 spiro atoms. The number of alkyl halides is 3. The van der Waals surface area contributed by atoms with Gasteiger partial charge in [-0.2, -0.15) is 13.2 Å². The molecule has 0 bridgehead atoms. The third-order valence-electron chi connectivity index (χ3n) is 5.43. The van der Waals surface area contributed by atoms with Crippen LogP contribution < -0.4 is 4.90 Å². The van der Waals surface area contributed by atoms with Gasteiger partial charge in [0.1, 0.15) is 23.0 Å². The van der Waals surface area contributed by atoms with Gasteiger partial charge < -0.3 is 9.30 Å². The van der Waals surface area contributed by atoms with Crippen LogP contribution in [-0.4, -0.2) is 21.4 Å². The average Bonchev–Trinajstić information content (AvgIpc) is 3.27. The number of fused-ring (bicyclic) bond motifs is 3. The minimum Gasteiger partial charge on any atom is -0.329 e. The Kier molecular flexibility index (Phi) is 4.97. The van der Waals surface area contributed by atoms with E-state index in [9.17, 15) is 17.6 Å². The first kappa shape index (κ1) is 21.2. The van der Waals surface area contributed by atoms with Crippen molar-refractivity contribution >= 4 is 39.7 Å². The van der Waals surface area contributed by atoms with Crippen molar-refractivity contribution < 1.29 is 17.6 Å². The number of rotatable bonds is 3. The molecule has 0 saturated heterocycles. The minimum atomic E-state index is -4.50. The van der Waals surface area contributed by atoms with Crippen LogP contribution in [0.1, 0.15) is 5.69 Å². The van der Waals surface area contributed by atoms with Crippen LogP contribution >= 0.6 is 11.6 Å². The molecule has 0 saturated carbocycles. The number of hydrogen-bond donors (Lipinski definition) is 0. The van der Waals surface area contributed by atoms with E-state index in [-0.39, 0.29) is 5.02 Å². The Morgan fingerprint density at radius 3 is 2.52 bits per heavy atom. The van der Waals surface area contributed by atoms with E-state index >= 15 is 0 Å². The molecule has 5 aromatic rings. The number of hydrogen-bond acceptors (Lipinski definition) is 3. The molecule has 0 N–H and O–H groups in total. The summed E-state index contributed by atoms with van der Waals surface area (Å²) in [4.78, 5) is 10.0. The van der Waals surface area contributed by atoms with E-state index in [0.717, 1.165) is 6.07 Å². The van der Waals surface area contributed by atoms with Gasteiger partial charge in [-0.3, -0.25) is 4.98 Å². The van der Waals surface area contributed by atoms with Gasteiger partial charge >= 0.3 is 6.18 Å². The fourth-order valence-electron chi connectivity index (χ4n) is 3.75. The van der Waals surface area contributed by atoms with Crippen molar-refractivity contribution in [1.29, 1.82) is 0 Å². The lowest BCUT2D eigenvalue weighted by Gasteiger charge is -2.22. The average molecular weight is 471 g/mol. The molecule has 0 fully saturated rings. The first-order chi connectivity index (χ1) is 15.7. The summed E-state index contributed by atoms with van der Waals surface area (Å²) in [5.74, 6) is -0.0498. The summed E-state index contributed by atoms with van der Waals surface area (Å²) in [6, 6.07) is 16.1. The molecule has 9 heteroatoms. The van der Waals surface area contributed by atoms with Gasteiger partial charge in [-0.05, 0) is 48.0 Å². The fraction of sp³-hybridized carbons (Fsp3) is 0.0833. The number of anilines is 2. The molecule has 0 atom stereocenters. The van der Waals surface area contributed by atoms with E-state index < -0.39 is 17.7 Å². The van der Waals surface area contributed by atoms with Gasteiger partial charge in [0.15, 0.2) is 0 Å². The summed E-state index contributed by atoms with van der Waals surface area (Å²) in [7, 11) is 1.79. The zero-order chi connectivity index (χ0) is 23.3. The molecule has 33 heavy (non-hydrogen) atoms. The monoisotopic (exact) mass is 470 g/mol. The maximum absolute atomic E-state index is 14.3. The van der Waals surface area contributed by atoms with E-state index in [1.165, 1.54) is 18.3 Å². The predicted molar refractivity (Wildman–Crippen MR) is 120 cm³/mol. The molecule has 166 valence electrons. The van der Waals surface area contributed by atoms with Gasteiger partial charge in [-0.1, -0.05) is 29.8 Å². The SMILES string of the molecule is CN(c1cccc(-c2ccc(C(F)(F)F)nc2)c1)c1nc2cccn2c2cc(Cl)c(F)cc12. The maximum atomic E-state index is 14.3. The molecule has 3 heterocycles. The van der Waals surface area contributed by atoms with E-state index in [2.05, 4.69) is 4.98 Å². The molecular weight excluding hydrogens is 456 g/mol. The lowest BCUT2D eigenvalue weighted by molar-refractivity contribution is -0.141. The van der Waals surface area contributed by atoms with Crippen LogP contribution in [0.3, 0.4) is 0 Å². The van der Waals surface area contributed by atoms with Crippen LogP contribution in [0.5, 0.6) is 0 Å². The van der Waals surface area contributed by atoms with Crippen molar-refractivity contribution in [3.63, 3.8) is 0 Å². The van der Waals surface area contributed by atoms with E-state index in [1.54, 1.807) is 30.1 Å². The lowest BCUT2D eigenvalue weighted by Crippen LogP contribution is -2.13. The molecule has 4 nitrogen and oxygen atoms in total. The van der Waals surface area contributed by atoms with Crippen LogP contribution in [-0.2, 0) is 6.18 Å². The van der Waals surface area contributed by atoms with Crippen molar-refractivity contribution in [2.24, 2.45) is 0 Å². The number of pyridine rings is 1. The smallest absolute Gasteiger partial charge is 0.329 e. The number of nitrogens with zero attached hydrogens (tertiary/aromatic N) is 4. The zero-order valence-corrected chi connectivity index (χ0v) is 17.9. The van der Waals surface area contributed by atoms with Gasteiger partial charge in [-0.25, -0.2) is 9.37 Å². The molecule has 5 rings (SSSR count). The van der Waals surface area contributed by atoms with Crippen molar-refractivity contribution in [2.45, 2.75) is 6.18 Å². The fourth-order valence-corrected chi connectivity index (χ4v) is 3.91. The van der Waals surface area contributed by atoms with Gasteiger partial charge in [0.2, 0.25) is 0 Å². The summed E-state index contributed by atoms with van der Waals surface area (Å²) in [5, 5.41) is 0.568. The molecule has 0 amide bonds. The first-order valence-corrected chi connectivity index (χ1v) is 10.2. The highest BCUT2D eigenvalue weighted by Crippen LogP contribution is 2.35. The molecular formula is C24H15ClF4N4. The van der Waals surface area contributed by atoms with Gasteiger partial charge in [-0.15, -0.1) is 0 Å². The van der Waals surface area contributed by atoms with Crippen molar-refractivity contribution in [3.05, 3.63) is 89.6 Å². The van der Waals surface area contributed by atoms with E-state index in [0.29, 0.717) is 39.2 Å². The third-order valence-corrected chi connectivity index (χ3v) is 5.71. The van der Waals surface area contributed by atoms with Crippen molar-refractivity contribution in [2.75, 3.05) is 11.9 Å².